The minimum absolute atomic E-state index is 0.142. The first-order valence-electron chi connectivity index (χ1n) is 17.7. The molecule has 0 aromatic heterocycles. The maximum Gasteiger partial charge on any atom is 0.251 e. The Bertz CT molecular complexity index is 871. The number of likely N-dealkylation sites (N-methyl/N-ethyl adjacent to an activating group) is 2. The Balaban J connectivity index is 1.94. The highest BCUT2D eigenvalue weighted by Crippen LogP contribution is 2.30. The Morgan fingerprint density at radius 2 is 1.44 bits per heavy atom. The largest absolute Gasteiger partial charge is 0.346 e. The van der Waals surface area contributed by atoms with Gasteiger partial charge in [0.1, 0.15) is 0 Å². The van der Waals surface area contributed by atoms with Gasteiger partial charge in [0.15, 0.2) is 0 Å². The van der Waals surface area contributed by atoms with Crippen molar-refractivity contribution in [2.45, 2.75) is 126 Å². The van der Waals surface area contributed by atoms with Gasteiger partial charge in [0, 0.05) is 12.1 Å². The lowest BCUT2D eigenvalue weighted by atomic mass is 9.82. The average molecular weight is 571 g/mol. The van der Waals surface area contributed by atoms with Gasteiger partial charge in [0.25, 0.3) is 5.91 Å². The fourth-order valence-electron chi connectivity index (χ4n) is 7.02. The summed E-state index contributed by atoms with van der Waals surface area (Å²) >= 11 is 0. The molecule has 0 bridgehead atoms. The Kier molecular flexibility index (Phi) is 16.6. The molecule has 0 spiro atoms. The minimum atomic E-state index is 0.142. The summed E-state index contributed by atoms with van der Waals surface area (Å²) in [6.45, 7) is 27.2. The number of nitrogens with one attached hydrogen (secondary N) is 1. The van der Waals surface area contributed by atoms with Crippen molar-refractivity contribution < 1.29 is 9.28 Å². The van der Waals surface area contributed by atoms with Gasteiger partial charge >= 0.3 is 0 Å². The molecule has 4 heteroatoms. The van der Waals surface area contributed by atoms with Gasteiger partial charge in [-0.3, -0.25) is 9.69 Å². The van der Waals surface area contributed by atoms with Gasteiger partial charge in [-0.1, -0.05) is 86.1 Å². The van der Waals surface area contributed by atoms with E-state index >= 15 is 0 Å². The Hall–Kier alpha value is -1.39. The summed E-state index contributed by atoms with van der Waals surface area (Å²) < 4.78 is 1.07. The smallest absolute Gasteiger partial charge is 0.251 e. The number of carbonyl (C=O) groups is 1. The van der Waals surface area contributed by atoms with Crippen molar-refractivity contribution in [3.63, 3.8) is 0 Å². The topological polar surface area (TPSA) is 32.3 Å². The molecule has 2 atom stereocenters. The molecule has 1 aliphatic rings. The molecule has 1 aliphatic carbocycles. The van der Waals surface area contributed by atoms with Gasteiger partial charge in [-0.25, -0.2) is 0 Å². The summed E-state index contributed by atoms with van der Waals surface area (Å²) in [7, 11) is 0. The zero-order chi connectivity index (χ0) is 30.3. The Morgan fingerprint density at radius 1 is 0.829 bits per heavy atom. The van der Waals surface area contributed by atoms with Crippen molar-refractivity contribution in [2.75, 3.05) is 52.4 Å². The third-order valence-corrected chi connectivity index (χ3v) is 10.3. The number of hydrogen-bond donors (Lipinski definition) is 1. The predicted octanol–water partition coefficient (Wildman–Crippen LogP) is 8.30. The molecule has 41 heavy (non-hydrogen) atoms. The van der Waals surface area contributed by atoms with Crippen LogP contribution in [0.3, 0.4) is 0 Å². The van der Waals surface area contributed by atoms with E-state index in [1.807, 2.05) is 0 Å². The molecule has 1 N–H and O–H groups in total. The van der Waals surface area contributed by atoms with Crippen LogP contribution in [0.15, 0.2) is 12.1 Å². The summed E-state index contributed by atoms with van der Waals surface area (Å²) in [5.74, 6) is 2.53. The zero-order valence-corrected chi connectivity index (χ0v) is 28.6. The van der Waals surface area contributed by atoms with Crippen LogP contribution in [0, 0.1) is 17.8 Å². The van der Waals surface area contributed by atoms with Gasteiger partial charge in [0.2, 0.25) is 0 Å². The number of quaternary nitrogens is 1. The third kappa shape index (κ3) is 12.0. The molecule has 1 amide bonds. The van der Waals surface area contributed by atoms with Crippen molar-refractivity contribution >= 4 is 5.91 Å². The molecule has 4 nitrogen and oxygen atoms in total. The molecule has 0 heterocycles. The quantitative estimate of drug-likeness (QED) is 0.151. The third-order valence-electron chi connectivity index (χ3n) is 10.3. The van der Waals surface area contributed by atoms with E-state index in [2.05, 4.69) is 77.7 Å². The highest BCUT2D eigenvalue weighted by molar-refractivity contribution is 5.96. The van der Waals surface area contributed by atoms with E-state index in [1.165, 1.54) is 68.1 Å². The van der Waals surface area contributed by atoms with Crippen molar-refractivity contribution in [1.82, 2.24) is 10.2 Å². The molecule has 2 unspecified atom stereocenters. The summed E-state index contributed by atoms with van der Waals surface area (Å²) in [6.07, 6.45) is 14.0. The van der Waals surface area contributed by atoms with Crippen LogP contribution in [0.1, 0.15) is 134 Å². The number of carbonyl (C=O) groups excluding carboxylic acids is 1. The van der Waals surface area contributed by atoms with E-state index in [0.29, 0.717) is 5.92 Å². The predicted molar refractivity (Wildman–Crippen MR) is 179 cm³/mol. The highest BCUT2D eigenvalue weighted by atomic mass is 16.1. The minimum Gasteiger partial charge on any atom is -0.346 e. The lowest BCUT2D eigenvalue weighted by molar-refractivity contribution is -0.923. The second-order valence-corrected chi connectivity index (χ2v) is 13.8. The molecule has 1 aromatic carbocycles. The first kappa shape index (κ1) is 35.8. The molecule has 0 saturated heterocycles. The van der Waals surface area contributed by atoms with Crippen molar-refractivity contribution in [1.29, 1.82) is 0 Å². The standard InChI is InChI=1S/C37H67N3O/c1-9-39(10-2)26-28-40(11-3,12-4)27-25-38-37(41)36-24-23-33(34-21-13-14-22-35(34)36)29-32(8)20-16-19-31(7)18-15-17-30(5)6/h23-24,30-32H,9-22,25-29H2,1-8H3/p+1. The summed E-state index contributed by atoms with van der Waals surface area (Å²) in [5.41, 5.74) is 5.31. The molecule has 0 aliphatic heterocycles. The van der Waals surface area contributed by atoms with Crippen LogP contribution in [0.4, 0.5) is 0 Å². The molecule has 1 aromatic rings. The molecule has 0 fully saturated rings. The van der Waals surface area contributed by atoms with Crippen molar-refractivity contribution in [2.24, 2.45) is 17.8 Å². The maximum absolute atomic E-state index is 13.5. The van der Waals surface area contributed by atoms with Crippen LogP contribution in [0.5, 0.6) is 0 Å². The van der Waals surface area contributed by atoms with E-state index in [-0.39, 0.29) is 5.91 Å². The summed E-state index contributed by atoms with van der Waals surface area (Å²) in [4.78, 5) is 16.0. The van der Waals surface area contributed by atoms with E-state index in [1.54, 1.807) is 0 Å². The van der Waals surface area contributed by atoms with E-state index < -0.39 is 0 Å². The van der Waals surface area contributed by atoms with E-state index in [0.717, 1.165) is 93.5 Å². The molecule has 0 radical (unpaired) electrons. The number of benzene rings is 1. The lowest BCUT2D eigenvalue weighted by Gasteiger charge is -2.38. The van der Waals surface area contributed by atoms with Crippen LogP contribution in [0.25, 0.3) is 0 Å². The van der Waals surface area contributed by atoms with Gasteiger partial charge in [-0.05, 0) is 99.6 Å². The summed E-state index contributed by atoms with van der Waals surface area (Å²) in [5, 5.41) is 3.34. The highest BCUT2D eigenvalue weighted by Gasteiger charge is 2.25. The van der Waals surface area contributed by atoms with Gasteiger partial charge in [0.05, 0.1) is 32.7 Å². The van der Waals surface area contributed by atoms with Crippen LogP contribution < -0.4 is 5.32 Å². The molecule has 2 rings (SSSR count). The molecular formula is C37H68N3O+. The maximum atomic E-state index is 13.5. The van der Waals surface area contributed by atoms with Crippen LogP contribution in [-0.2, 0) is 19.3 Å². The van der Waals surface area contributed by atoms with Gasteiger partial charge < -0.3 is 9.80 Å². The fourth-order valence-corrected chi connectivity index (χ4v) is 7.02. The Labute approximate surface area is 255 Å². The lowest BCUT2D eigenvalue weighted by Crippen LogP contribution is -2.54. The first-order chi connectivity index (χ1) is 19.7. The number of fused-ring (bicyclic) bond motifs is 1. The van der Waals surface area contributed by atoms with E-state index in [9.17, 15) is 4.79 Å². The fraction of sp³-hybridized carbons (Fsp3) is 0.811. The average Bonchev–Trinajstić information content (AvgIpc) is 2.96. The van der Waals surface area contributed by atoms with E-state index in [4.69, 9.17) is 0 Å². The Morgan fingerprint density at radius 3 is 2.05 bits per heavy atom. The summed E-state index contributed by atoms with van der Waals surface area (Å²) in [6, 6.07) is 4.45. The second kappa shape index (κ2) is 19.0. The number of nitrogens with zero attached hydrogens (tertiary/aromatic N) is 2. The number of rotatable bonds is 21. The van der Waals surface area contributed by atoms with Crippen LogP contribution in [-0.4, -0.2) is 67.6 Å². The second-order valence-electron chi connectivity index (χ2n) is 13.8. The molecule has 0 saturated carbocycles. The molecule has 236 valence electrons. The normalized spacial score (nSPS) is 15.3. The first-order valence-corrected chi connectivity index (χ1v) is 17.7. The van der Waals surface area contributed by atoms with Crippen molar-refractivity contribution in [3.05, 3.63) is 34.4 Å². The number of hydrogen-bond acceptors (Lipinski definition) is 2. The van der Waals surface area contributed by atoms with Crippen molar-refractivity contribution in [3.8, 4) is 0 Å². The zero-order valence-electron chi connectivity index (χ0n) is 28.6. The van der Waals surface area contributed by atoms with Crippen LogP contribution >= 0.6 is 0 Å². The monoisotopic (exact) mass is 571 g/mol. The van der Waals surface area contributed by atoms with Gasteiger partial charge in [-0.2, -0.15) is 0 Å². The molecular weight excluding hydrogens is 502 g/mol. The van der Waals surface area contributed by atoms with Crippen LogP contribution in [0.2, 0.25) is 0 Å². The SMILES string of the molecule is CCN(CC)CC[N+](CC)(CC)CCNC(=O)c1ccc(CC(C)CCCC(C)CCCC(C)C)c2c1CCCC2. The number of amides is 1. The van der Waals surface area contributed by atoms with Gasteiger partial charge in [-0.15, -0.1) is 0 Å².